The Labute approximate surface area is 120 Å². The fourth-order valence-electron chi connectivity index (χ4n) is 2.53. The minimum atomic E-state index is -0.349. The highest BCUT2D eigenvalue weighted by molar-refractivity contribution is 9.10. The predicted molar refractivity (Wildman–Crippen MR) is 75.9 cm³/mol. The van der Waals surface area contributed by atoms with Crippen LogP contribution in [-0.2, 0) is 6.54 Å². The van der Waals surface area contributed by atoms with Gasteiger partial charge in [-0.15, -0.1) is 0 Å². The first-order valence-electron chi connectivity index (χ1n) is 6.39. The monoisotopic (exact) mass is 328 g/mol. The van der Waals surface area contributed by atoms with Crippen molar-refractivity contribution in [3.05, 3.63) is 38.3 Å². The Morgan fingerprint density at radius 2 is 2.26 bits per heavy atom. The molecule has 1 aliphatic heterocycles. The summed E-state index contributed by atoms with van der Waals surface area (Å²) < 4.78 is 0.709. The molecule has 0 bridgehead atoms. The maximum absolute atomic E-state index is 11.1. The van der Waals surface area contributed by atoms with Gasteiger partial charge in [-0.3, -0.25) is 15.0 Å². The van der Waals surface area contributed by atoms with Gasteiger partial charge in [0, 0.05) is 28.7 Å². The Hall–Kier alpha value is -0.980. The molecule has 2 rings (SSSR count). The Balaban J connectivity index is 2.20. The Morgan fingerprint density at radius 1 is 1.47 bits per heavy atom. The fraction of sp³-hybridized carbons (Fsp3) is 0.538. The number of piperidine rings is 1. The number of nitrogens with zero attached hydrogens (tertiary/aromatic N) is 2. The number of rotatable bonds is 4. The van der Waals surface area contributed by atoms with Crippen LogP contribution in [0.3, 0.4) is 0 Å². The van der Waals surface area contributed by atoms with Crippen LogP contribution in [0.15, 0.2) is 22.7 Å². The molecule has 1 aromatic carbocycles. The molecule has 19 heavy (non-hydrogen) atoms. The van der Waals surface area contributed by atoms with Crippen LogP contribution in [0.2, 0.25) is 0 Å². The smallest absolute Gasteiger partial charge is 0.275 e. The molecule has 1 aliphatic rings. The van der Waals surface area contributed by atoms with Crippen molar-refractivity contribution in [2.75, 3.05) is 13.2 Å². The lowest BCUT2D eigenvalue weighted by molar-refractivity contribution is -0.385. The number of nitro benzene ring substituents is 1. The van der Waals surface area contributed by atoms with Crippen LogP contribution >= 0.6 is 15.9 Å². The average molecular weight is 329 g/mol. The molecular formula is C13H17BrN2O3. The van der Waals surface area contributed by atoms with Crippen LogP contribution in [0.4, 0.5) is 5.69 Å². The van der Waals surface area contributed by atoms with E-state index in [0.29, 0.717) is 16.6 Å². The average Bonchev–Trinajstić information content (AvgIpc) is 2.41. The third-order valence-electron chi connectivity index (χ3n) is 3.58. The van der Waals surface area contributed by atoms with Crippen molar-refractivity contribution in [2.45, 2.75) is 31.8 Å². The van der Waals surface area contributed by atoms with Crippen LogP contribution in [0.25, 0.3) is 0 Å². The molecule has 1 saturated heterocycles. The van der Waals surface area contributed by atoms with Crippen LogP contribution in [0.1, 0.15) is 24.8 Å². The summed E-state index contributed by atoms with van der Waals surface area (Å²) in [5, 5.41) is 20.5. The zero-order chi connectivity index (χ0) is 13.8. The second-order valence-corrected chi connectivity index (χ2v) is 5.75. The molecule has 0 aromatic heterocycles. The molecule has 104 valence electrons. The number of hydrogen-bond donors (Lipinski definition) is 1. The normalized spacial score (nSPS) is 20.4. The molecule has 1 atom stereocenters. The van der Waals surface area contributed by atoms with Crippen molar-refractivity contribution >= 4 is 21.6 Å². The van der Waals surface area contributed by atoms with Crippen molar-refractivity contribution in [1.29, 1.82) is 0 Å². The van der Waals surface area contributed by atoms with E-state index in [-0.39, 0.29) is 23.3 Å². The van der Waals surface area contributed by atoms with Gasteiger partial charge in [-0.05, 0) is 31.5 Å². The molecule has 1 unspecified atom stereocenters. The molecule has 1 N–H and O–H groups in total. The number of likely N-dealkylation sites (tertiary alicyclic amines) is 1. The van der Waals surface area contributed by atoms with Gasteiger partial charge in [-0.1, -0.05) is 22.4 Å². The van der Waals surface area contributed by atoms with E-state index in [9.17, 15) is 15.2 Å². The SMILES string of the molecule is O=[N+]([O-])c1cc(Br)ccc1CN1CCCCC1CO. The number of aliphatic hydroxyl groups is 1. The minimum absolute atomic E-state index is 0.115. The van der Waals surface area contributed by atoms with Crippen molar-refractivity contribution in [2.24, 2.45) is 0 Å². The second-order valence-electron chi connectivity index (χ2n) is 4.83. The summed E-state index contributed by atoms with van der Waals surface area (Å²) in [6.45, 7) is 1.53. The van der Waals surface area contributed by atoms with Crippen molar-refractivity contribution < 1.29 is 10.0 Å². The van der Waals surface area contributed by atoms with E-state index < -0.39 is 0 Å². The zero-order valence-electron chi connectivity index (χ0n) is 10.6. The van der Waals surface area contributed by atoms with Gasteiger partial charge in [-0.2, -0.15) is 0 Å². The Morgan fingerprint density at radius 3 is 2.95 bits per heavy atom. The van der Waals surface area contributed by atoms with Crippen LogP contribution in [0.5, 0.6) is 0 Å². The highest BCUT2D eigenvalue weighted by Crippen LogP contribution is 2.27. The number of halogens is 1. The van der Waals surface area contributed by atoms with Crippen molar-refractivity contribution in [3.8, 4) is 0 Å². The van der Waals surface area contributed by atoms with E-state index in [0.717, 1.165) is 25.8 Å². The molecule has 6 heteroatoms. The van der Waals surface area contributed by atoms with E-state index in [4.69, 9.17) is 0 Å². The first-order chi connectivity index (χ1) is 9.11. The van der Waals surface area contributed by atoms with Gasteiger partial charge < -0.3 is 5.11 Å². The van der Waals surface area contributed by atoms with E-state index >= 15 is 0 Å². The summed E-state index contributed by atoms with van der Waals surface area (Å²) in [5.74, 6) is 0. The maximum atomic E-state index is 11.1. The number of aliphatic hydroxyl groups excluding tert-OH is 1. The van der Waals surface area contributed by atoms with E-state index in [1.165, 1.54) is 6.07 Å². The van der Waals surface area contributed by atoms with Gasteiger partial charge in [0.15, 0.2) is 0 Å². The molecule has 1 heterocycles. The van der Waals surface area contributed by atoms with E-state index in [2.05, 4.69) is 20.8 Å². The molecule has 0 spiro atoms. The van der Waals surface area contributed by atoms with Gasteiger partial charge in [-0.25, -0.2) is 0 Å². The number of benzene rings is 1. The topological polar surface area (TPSA) is 66.6 Å². The highest BCUT2D eigenvalue weighted by atomic mass is 79.9. The molecule has 0 radical (unpaired) electrons. The largest absolute Gasteiger partial charge is 0.395 e. The molecule has 0 aliphatic carbocycles. The number of nitro groups is 1. The van der Waals surface area contributed by atoms with Gasteiger partial charge in [0.25, 0.3) is 5.69 Å². The first-order valence-corrected chi connectivity index (χ1v) is 7.19. The zero-order valence-corrected chi connectivity index (χ0v) is 12.2. The summed E-state index contributed by atoms with van der Waals surface area (Å²) in [7, 11) is 0. The lowest BCUT2D eigenvalue weighted by Crippen LogP contribution is -2.41. The Kier molecular flexibility index (Phi) is 4.90. The lowest BCUT2D eigenvalue weighted by atomic mass is 10.0. The summed E-state index contributed by atoms with van der Waals surface area (Å²) in [4.78, 5) is 12.9. The molecule has 1 fully saturated rings. The minimum Gasteiger partial charge on any atom is -0.395 e. The fourth-order valence-corrected chi connectivity index (χ4v) is 2.88. The summed E-state index contributed by atoms with van der Waals surface area (Å²) >= 11 is 3.26. The van der Waals surface area contributed by atoms with Crippen molar-refractivity contribution in [3.63, 3.8) is 0 Å². The Bertz CT molecular complexity index is 467. The number of hydrogen-bond acceptors (Lipinski definition) is 4. The third kappa shape index (κ3) is 3.52. The van der Waals surface area contributed by atoms with Crippen LogP contribution in [0, 0.1) is 10.1 Å². The third-order valence-corrected chi connectivity index (χ3v) is 4.07. The van der Waals surface area contributed by atoms with Crippen molar-refractivity contribution in [1.82, 2.24) is 4.90 Å². The summed E-state index contributed by atoms with van der Waals surface area (Å²) in [6.07, 6.45) is 3.16. The van der Waals surface area contributed by atoms with Gasteiger partial charge in [0.2, 0.25) is 0 Å². The maximum Gasteiger partial charge on any atom is 0.275 e. The molecule has 0 amide bonds. The lowest BCUT2D eigenvalue weighted by Gasteiger charge is -2.34. The molecule has 0 saturated carbocycles. The van der Waals surface area contributed by atoms with Crippen LogP contribution < -0.4 is 0 Å². The van der Waals surface area contributed by atoms with Crippen LogP contribution in [-0.4, -0.2) is 34.1 Å². The summed E-state index contributed by atoms with van der Waals surface area (Å²) in [6, 6.07) is 5.26. The standard InChI is InChI=1S/C13H17BrN2O3/c14-11-5-4-10(13(7-11)16(18)19)8-15-6-2-1-3-12(15)9-17/h4-5,7,12,17H,1-3,6,8-9H2. The first kappa shape index (κ1) is 14.4. The van der Waals surface area contributed by atoms with E-state index in [1.807, 2.05) is 6.07 Å². The van der Waals surface area contributed by atoms with E-state index in [1.54, 1.807) is 6.07 Å². The quantitative estimate of drug-likeness (QED) is 0.681. The van der Waals surface area contributed by atoms with Gasteiger partial charge >= 0.3 is 0 Å². The van der Waals surface area contributed by atoms with Gasteiger partial charge in [0.1, 0.15) is 0 Å². The second kappa shape index (κ2) is 6.45. The summed E-state index contributed by atoms with van der Waals surface area (Å²) in [5.41, 5.74) is 0.838. The van der Waals surface area contributed by atoms with Gasteiger partial charge in [0.05, 0.1) is 11.5 Å². The molecule has 5 nitrogen and oxygen atoms in total. The predicted octanol–water partition coefficient (Wildman–Crippen LogP) is 2.70. The molecule has 1 aromatic rings. The molecular weight excluding hydrogens is 312 g/mol. The highest BCUT2D eigenvalue weighted by Gasteiger charge is 2.24.